The zero-order valence-electron chi connectivity index (χ0n) is 8.28. The number of aryl methyl sites for hydroxylation is 1. The molecule has 0 spiro atoms. The van der Waals surface area contributed by atoms with Crippen LogP contribution in [-0.2, 0) is 10.0 Å². The molecule has 0 aliphatic carbocycles. The largest absolute Gasteiger partial charge is 0.259 e. The highest BCUT2D eigenvalue weighted by Crippen LogP contribution is 2.16. The third kappa shape index (κ3) is 3.63. The number of aromatic nitrogens is 1. The SMILES string of the molecule is CCCCS(=O)(=O)Nc1nc(C)cs1. The topological polar surface area (TPSA) is 59.1 Å². The zero-order valence-corrected chi connectivity index (χ0v) is 9.91. The van der Waals surface area contributed by atoms with Gasteiger partial charge in [0.25, 0.3) is 0 Å². The van der Waals surface area contributed by atoms with Crippen LogP contribution in [-0.4, -0.2) is 19.2 Å². The van der Waals surface area contributed by atoms with Gasteiger partial charge in [-0.3, -0.25) is 4.72 Å². The van der Waals surface area contributed by atoms with Gasteiger partial charge in [0.2, 0.25) is 10.0 Å². The van der Waals surface area contributed by atoms with Gasteiger partial charge in [-0.2, -0.15) is 0 Å². The molecular weight excluding hydrogens is 220 g/mol. The van der Waals surface area contributed by atoms with Crippen LogP contribution in [0.25, 0.3) is 0 Å². The average Bonchev–Trinajstić information content (AvgIpc) is 2.47. The molecule has 0 unspecified atom stereocenters. The number of hydrogen-bond donors (Lipinski definition) is 1. The van der Waals surface area contributed by atoms with E-state index in [0.717, 1.165) is 12.1 Å². The van der Waals surface area contributed by atoms with Crippen LogP contribution in [0.4, 0.5) is 5.13 Å². The molecule has 1 N–H and O–H groups in total. The van der Waals surface area contributed by atoms with Gasteiger partial charge in [-0.05, 0) is 13.3 Å². The standard InChI is InChI=1S/C8H14N2O2S2/c1-3-4-5-14(11,12)10-8-9-7(2)6-13-8/h6H,3-5H2,1-2H3,(H,9,10). The maximum atomic E-state index is 11.4. The molecule has 1 heterocycles. The predicted octanol–water partition coefficient (Wildman–Crippen LogP) is 1.99. The molecule has 80 valence electrons. The summed E-state index contributed by atoms with van der Waals surface area (Å²) in [6, 6.07) is 0. The van der Waals surface area contributed by atoms with E-state index in [1.54, 1.807) is 0 Å². The van der Waals surface area contributed by atoms with Crippen LogP contribution in [0.3, 0.4) is 0 Å². The highest BCUT2D eigenvalue weighted by atomic mass is 32.2. The normalized spacial score (nSPS) is 11.6. The number of unbranched alkanes of at least 4 members (excludes halogenated alkanes) is 1. The Morgan fingerprint density at radius 2 is 2.29 bits per heavy atom. The molecule has 0 atom stereocenters. The summed E-state index contributed by atoms with van der Waals surface area (Å²) in [6.07, 6.45) is 1.55. The van der Waals surface area contributed by atoms with E-state index in [1.807, 2.05) is 19.2 Å². The molecule has 0 fully saturated rings. The summed E-state index contributed by atoms with van der Waals surface area (Å²) in [5.41, 5.74) is 0.836. The number of thiazole rings is 1. The molecule has 1 rings (SSSR count). The lowest BCUT2D eigenvalue weighted by Gasteiger charge is -2.02. The molecule has 1 aromatic heterocycles. The molecule has 4 nitrogen and oxygen atoms in total. The molecule has 0 aliphatic heterocycles. The second kappa shape index (κ2) is 4.75. The fourth-order valence-electron chi connectivity index (χ4n) is 0.919. The first kappa shape index (κ1) is 11.5. The van der Waals surface area contributed by atoms with E-state index in [2.05, 4.69) is 9.71 Å². The lowest BCUT2D eigenvalue weighted by atomic mass is 10.4. The van der Waals surface area contributed by atoms with Crippen molar-refractivity contribution in [3.8, 4) is 0 Å². The minimum absolute atomic E-state index is 0.169. The van der Waals surface area contributed by atoms with Gasteiger partial charge < -0.3 is 0 Å². The monoisotopic (exact) mass is 234 g/mol. The number of rotatable bonds is 5. The van der Waals surface area contributed by atoms with E-state index in [-0.39, 0.29) is 5.75 Å². The summed E-state index contributed by atoms with van der Waals surface area (Å²) < 4.78 is 25.3. The smallest absolute Gasteiger partial charge is 0.234 e. The Bertz CT molecular complexity index is 384. The van der Waals surface area contributed by atoms with Crippen molar-refractivity contribution in [2.45, 2.75) is 26.7 Å². The van der Waals surface area contributed by atoms with Crippen LogP contribution >= 0.6 is 11.3 Å². The van der Waals surface area contributed by atoms with E-state index < -0.39 is 10.0 Å². The average molecular weight is 234 g/mol. The third-order valence-electron chi connectivity index (χ3n) is 1.63. The van der Waals surface area contributed by atoms with Crippen LogP contribution in [0.2, 0.25) is 0 Å². The Hall–Kier alpha value is -0.620. The van der Waals surface area contributed by atoms with Crippen molar-refractivity contribution in [3.63, 3.8) is 0 Å². The second-order valence-corrected chi connectivity index (χ2v) is 5.77. The molecule has 0 saturated heterocycles. The molecule has 0 amide bonds. The first-order valence-electron chi connectivity index (χ1n) is 4.46. The van der Waals surface area contributed by atoms with Crippen molar-refractivity contribution >= 4 is 26.5 Å². The van der Waals surface area contributed by atoms with Gasteiger partial charge in [-0.15, -0.1) is 11.3 Å². The molecule has 14 heavy (non-hydrogen) atoms. The van der Waals surface area contributed by atoms with Crippen LogP contribution in [0, 0.1) is 6.92 Å². The molecule has 1 aromatic rings. The van der Waals surface area contributed by atoms with Crippen LogP contribution in [0.15, 0.2) is 5.38 Å². The maximum Gasteiger partial charge on any atom is 0.234 e. The van der Waals surface area contributed by atoms with Gasteiger partial charge in [-0.1, -0.05) is 13.3 Å². The Morgan fingerprint density at radius 3 is 2.79 bits per heavy atom. The summed E-state index contributed by atoms with van der Waals surface area (Å²) in [4.78, 5) is 4.03. The summed E-state index contributed by atoms with van der Waals surface area (Å²) in [5, 5.41) is 2.27. The highest BCUT2D eigenvalue weighted by molar-refractivity contribution is 7.92. The lowest BCUT2D eigenvalue weighted by molar-refractivity contribution is 0.598. The van der Waals surface area contributed by atoms with Crippen molar-refractivity contribution in [1.29, 1.82) is 0 Å². The summed E-state index contributed by atoms with van der Waals surface area (Å²) in [6.45, 7) is 3.80. The lowest BCUT2D eigenvalue weighted by Crippen LogP contribution is -2.16. The predicted molar refractivity (Wildman–Crippen MR) is 59.2 cm³/mol. The number of nitrogens with zero attached hydrogens (tertiary/aromatic N) is 1. The van der Waals surface area contributed by atoms with E-state index >= 15 is 0 Å². The Kier molecular flexibility index (Phi) is 3.88. The van der Waals surface area contributed by atoms with Crippen LogP contribution in [0.1, 0.15) is 25.5 Å². The first-order chi connectivity index (χ1) is 6.53. The maximum absolute atomic E-state index is 11.4. The number of hydrogen-bond acceptors (Lipinski definition) is 4. The quantitative estimate of drug-likeness (QED) is 0.847. The Balaban J connectivity index is 2.59. The molecule has 6 heteroatoms. The van der Waals surface area contributed by atoms with E-state index in [9.17, 15) is 8.42 Å². The molecule has 0 saturated carbocycles. The number of sulfonamides is 1. The molecular formula is C8H14N2O2S2. The summed E-state index contributed by atoms with van der Waals surface area (Å²) >= 11 is 1.31. The van der Waals surface area contributed by atoms with Gasteiger partial charge in [0, 0.05) is 5.38 Å². The van der Waals surface area contributed by atoms with Gasteiger partial charge >= 0.3 is 0 Å². The second-order valence-electron chi connectivity index (χ2n) is 3.07. The van der Waals surface area contributed by atoms with Crippen molar-refractivity contribution in [3.05, 3.63) is 11.1 Å². The molecule has 0 aromatic carbocycles. The minimum Gasteiger partial charge on any atom is -0.259 e. The fraction of sp³-hybridized carbons (Fsp3) is 0.625. The zero-order chi connectivity index (χ0) is 10.6. The number of anilines is 1. The van der Waals surface area contributed by atoms with Crippen molar-refractivity contribution in [2.75, 3.05) is 10.5 Å². The van der Waals surface area contributed by atoms with Gasteiger partial charge in [0.15, 0.2) is 5.13 Å². The molecule has 0 aliphatic rings. The van der Waals surface area contributed by atoms with E-state index in [0.29, 0.717) is 11.6 Å². The van der Waals surface area contributed by atoms with E-state index in [1.165, 1.54) is 11.3 Å². The first-order valence-corrected chi connectivity index (χ1v) is 6.99. The summed E-state index contributed by atoms with van der Waals surface area (Å²) in [5.74, 6) is 0.169. The van der Waals surface area contributed by atoms with E-state index in [4.69, 9.17) is 0 Å². The fourth-order valence-corrected chi connectivity index (χ4v) is 3.11. The minimum atomic E-state index is -3.19. The Labute approximate surface area is 88.4 Å². The van der Waals surface area contributed by atoms with Crippen LogP contribution < -0.4 is 4.72 Å². The Morgan fingerprint density at radius 1 is 1.57 bits per heavy atom. The van der Waals surface area contributed by atoms with Gasteiger partial charge in [0.1, 0.15) is 0 Å². The third-order valence-corrected chi connectivity index (χ3v) is 3.96. The highest BCUT2D eigenvalue weighted by Gasteiger charge is 2.11. The summed E-state index contributed by atoms with van der Waals surface area (Å²) in [7, 11) is -3.19. The van der Waals surface area contributed by atoms with Gasteiger partial charge in [-0.25, -0.2) is 13.4 Å². The number of nitrogens with one attached hydrogen (secondary N) is 1. The van der Waals surface area contributed by atoms with Crippen molar-refractivity contribution in [2.24, 2.45) is 0 Å². The van der Waals surface area contributed by atoms with Crippen molar-refractivity contribution < 1.29 is 8.42 Å². The molecule has 0 radical (unpaired) electrons. The molecule has 0 bridgehead atoms. The van der Waals surface area contributed by atoms with Crippen LogP contribution in [0.5, 0.6) is 0 Å². The van der Waals surface area contributed by atoms with Crippen molar-refractivity contribution in [1.82, 2.24) is 4.98 Å². The van der Waals surface area contributed by atoms with Gasteiger partial charge in [0.05, 0.1) is 11.4 Å².